The number of imidazole rings is 2. The number of hydrogen-bond acceptors (Lipinski definition) is 14. The number of rotatable bonds is 9. The smallest absolute Gasteiger partial charge is 0.407 e. The summed E-state index contributed by atoms with van der Waals surface area (Å²) in [5.74, 6) is -2.62. The van der Waals surface area contributed by atoms with Crippen LogP contribution in [-0.2, 0) is 54.6 Å². The van der Waals surface area contributed by atoms with Crippen LogP contribution in [0.2, 0.25) is 0 Å². The number of alkyl carbamates (subject to hydrolysis) is 1. The van der Waals surface area contributed by atoms with Gasteiger partial charge >= 0.3 is 30.0 Å². The summed E-state index contributed by atoms with van der Waals surface area (Å²) in [6.45, 7) is 4.85. The number of carbonyl (C=O) groups excluding carboxylic acids is 5. The maximum atomic E-state index is 13.8. The van der Waals surface area contributed by atoms with Crippen molar-refractivity contribution in [2.45, 2.75) is 58.3 Å². The number of fused-ring (bicyclic) bond motifs is 2. The topological polar surface area (TPSA) is 210 Å². The molecule has 1 aliphatic heterocycles. The number of esters is 4. The zero-order valence-corrected chi connectivity index (χ0v) is 25.5. The van der Waals surface area contributed by atoms with Crippen molar-refractivity contribution in [3.05, 3.63) is 34.1 Å². The number of amides is 1. The lowest BCUT2D eigenvalue weighted by atomic mass is 10.1. The van der Waals surface area contributed by atoms with E-state index in [1.165, 1.54) is 48.2 Å². The minimum Gasteiger partial charge on any atom is -0.467 e. The molecule has 1 amide bonds. The predicted octanol–water partition coefficient (Wildman–Crippen LogP) is -0.0742. The van der Waals surface area contributed by atoms with Crippen LogP contribution < -0.4 is 10.9 Å². The van der Waals surface area contributed by atoms with E-state index in [1.54, 1.807) is 18.5 Å². The number of nitrogens with zero attached hydrogens (tertiary/aromatic N) is 5. The first kappa shape index (κ1) is 32.6. The highest BCUT2D eigenvalue weighted by Gasteiger charge is 2.51. The summed E-state index contributed by atoms with van der Waals surface area (Å²) in [6.07, 6.45) is -1.42. The largest absolute Gasteiger partial charge is 0.467 e. The van der Waals surface area contributed by atoms with Crippen LogP contribution in [0.25, 0.3) is 23.0 Å². The number of aromatic nitrogens is 5. The zero-order chi connectivity index (χ0) is 33.2. The van der Waals surface area contributed by atoms with Gasteiger partial charge < -0.3 is 33.7 Å². The molecule has 5 atom stereocenters. The summed E-state index contributed by atoms with van der Waals surface area (Å²) in [5, 5.41) is 2.33. The van der Waals surface area contributed by atoms with Crippen molar-refractivity contribution in [3.8, 4) is 0 Å². The average molecular weight is 633 g/mol. The van der Waals surface area contributed by atoms with Gasteiger partial charge in [0.2, 0.25) is 5.78 Å². The quantitative estimate of drug-likeness (QED) is 0.242. The van der Waals surface area contributed by atoms with E-state index < -0.39 is 66.1 Å². The Bertz CT molecular complexity index is 1750. The molecule has 0 radical (unpaired) electrons. The number of nitrogens with one attached hydrogen (secondary N) is 1. The molecule has 4 heterocycles. The van der Waals surface area contributed by atoms with Gasteiger partial charge in [0, 0.05) is 27.8 Å². The molecular weight excluding hydrogens is 600 g/mol. The highest BCUT2D eigenvalue weighted by molar-refractivity contribution is 5.84. The Kier molecular flexibility index (Phi) is 9.55. The molecule has 18 heteroatoms. The van der Waals surface area contributed by atoms with Gasteiger partial charge in [0.1, 0.15) is 18.8 Å². The van der Waals surface area contributed by atoms with Crippen LogP contribution in [0.4, 0.5) is 4.79 Å². The molecule has 3 aromatic heterocycles. The molecule has 1 unspecified atom stereocenters. The molecule has 1 aliphatic rings. The molecule has 0 spiro atoms. The third kappa shape index (κ3) is 6.49. The summed E-state index contributed by atoms with van der Waals surface area (Å²) >= 11 is 0. The summed E-state index contributed by atoms with van der Waals surface area (Å²) < 4.78 is 35.7. The summed E-state index contributed by atoms with van der Waals surface area (Å²) in [5.41, 5.74) is 0.263. The van der Waals surface area contributed by atoms with E-state index >= 15 is 0 Å². The molecule has 0 aliphatic carbocycles. The third-order valence-corrected chi connectivity index (χ3v) is 6.85. The summed E-state index contributed by atoms with van der Waals surface area (Å²) in [7, 11) is 3.90. The van der Waals surface area contributed by atoms with Gasteiger partial charge in [-0.2, -0.15) is 0 Å². The predicted molar refractivity (Wildman–Crippen MR) is 150 cm³/mol. The van der Waals surface area contributed by atoms with Gasteiger partial charge in [-0.05, 0) is 19.1 Å². The SMILES string of the molecule is COC(=O)NC(/C=C/c1c(C)nc2n(C)c3c(ncn3[C@@H]3O[C@H](COC(C)=O)[C@@H](OC(C)=O)[C@H]3OC(C)=O)c(=O)n12)C(=O)OC. The summed E-state index contributed by atoms with van der Waals surface area (Å²) in [6, 6.07) is -1.23. The number of carbonyl (C=O) groups is 5. The van der Waals surface area contributed by atoms with Gasteiger partial charge in [-0.1, -0.05) is 0 Å². The second kappa shape index (κ2) is 13.2. The Morgan fingerprint density at radius 3 is 2.31 bits per heavy atom. The van der Waals surface area contributed by atoms with Crippen LogP contribution in [0.5, 0.6) is 0 Å². The van der Waals surface area contributed by atoms with Gasteiger partial charge in [-0.25, -0.2) is 24.0 Å². The fourth-order valence-electron chi connectivity index (χ4n) is 4.97. The van der Waals surface area contributed by atoms with Crippen molar-refractivity contribution in [1.82, 2.24) is 28.8 Å². The van der Waals surface area contributed by atoms with Crippen molar-refractivity contribution >= 4 is 53.0 Å². The van der Waals surface area contributed by atoms with Gasteiger partial charge in [-0.15, -0.1) is 0 Å². The highest BCUT2D eigenvalue weighted by atomic mass is 16.7. The van der Waals surface area contributed by atoms with Gasteiger partial charge in [-0.3, -0.25) is 28.3 Å². The van der Waals surface area contributed by atoms with Crippen LogP contribution in [-0.4, -0.2) is 98.7 Å². The van der Waals surface area contributed by atoms with Gasteiger partial charge in [0.25, 0.3) is 5.56 Å². The van der Waals surface area contributed by atoms with Crippen LogP contribution in [0.1, 0.15) is 38.4 Å². The Morgan fingerprint density at radius 2 is 1.71 bits per heavy atom. The molecular formula is C27H32N6O12. The third-order valence-electron chi connectivity index (χ3n) is 6.85. The second-order valence-corrected chi connectivity index (χ2v) is 9.92. The van der Waals surface area contributed by atoms with E-state index in [1.807, 2.05) is 0 Å². The molecule has 45 heavy (non-hydrogen) atoms. The van der Waals surface area contributed by atoms with E-state index in [0.717, 1.165) is 14.2 Å². The Hall–Kier alpha value is -5.26. The standard InChI is InChI=1S/C27H32N6O12/c1-12-17(9-8-16(25(38)40-6)30-27(39)41-7)33-23(37)19-22(31(5)26(33)29-12)32(11-28-19)24-21(44-15(4)36)20(43-14(3)35)18(45-24)10-42-13(2)34/h8-9,11,16,18,20-21,24H,10H2,1-7H3,(H,30,39)/b9-8+/t16?,18-,20-,21-,24-/m1/s1. The molecule has 4 rings (SSSR count). The lowest BCUT2D eigenvalue weighted by Crippen LogP contribution is -2.40. The highest BCUT2D eigenvalue weighted by Crippen LogP contribution is 2.36. The minimum atomic E-state index is -1.23. The van der Waals surface area contributed by atoms with E-state index in [0.29, 0.717) is 5.69 Å². The molecule has 1 fully saturated rings. The molecule has 1 saturated heterocycles. The van der Waals surface area contributed by atoms with Crippen molar-refractivity contribution < 1.29 is 52.4 Å². The van der Waals surface area contributed by atoms with E-state index in [9.17, 15) is 28.8 Å². The first-order valence-electron chi connectivity index (χ1n) is 13.5. The summed E-state index contributed by atoms with van der Waals surface area (Å²) in [4.78, 5) is 82.2. The van der Waals surface area contributed by atoms with Crippen LogP contribution in [0, 0.1) is 6.92 Å². The molecule has 242 valence electrons. The number of ether oxygens (including phenoxy) is 6. The van der Waals surface area contributed by atoms with Crippen LogP contribution in [0.3, 0.4) is 0 Å². The van der Waals surface area contributed by atoms with E-state index in [2.05, 4.69) is 20.0 Å². The van der Waals surface area contributed by atoms with Gasteiger partial charge in [0.05, 0.1) is 31.9 Å². The minimum absolute atomic E-state index is 0.0353. The second-order valence-electron chi connectivity index (χ2n) is 9.92. The Balaban J connectivity index is 1.84. The number of hydrogen-bond donors (Lipinski definition) is 1. The average Bonchev–Trinajstić information content (AvgIpc) is 3.66. The first-order chi connectivity index (χ1) is 21.3. The molecule has 3 aromatic rings. The van der Waals surface area contributed by atoms with Crippen LogP contribution in [0.15, 0.2) is 17.2 Å². The number of aryl methyl sites for hydroxylation is 2. The van der Waals surface area contributed by atoms with E-state index in [-0.39, 0.29) is 29.2 Å². The van der Waals surface area contributed by atoms with E-state index in [4.69, 9.17) is 23.7 Å². The molecule has 0 saturated carbocycles. The number of methoxy groups -OCH3 is 2. The maximum absolute atomic E-state index is 13.8. The van der Waals surface area contributed by atoms with Crippen molar-refractivity contribution in [2.24, 2.45) is 7.05 Å². The molecule has 1 N–H and O–H groups in total. The van der Waals surface area contributed by atoms with Crippen molar-refractivity contribution in [3.63, 3.8) is 0 Å². The van der Waals surface area contributed by atoms with Crippen LogP contribution >= 0.6 is 0 Å². The molecule has 0 bridgehead atoms. The Labute approximate surface area is 254 Å². The lowest BCUT2D eigenvalue weighted by molar-refractivity contribution is -0.166. The fraction of sp³-hybridized carbons (Fsp3) is 0.481. The van der Waals surface area contributed by atoms with Gasteiger partial charge in [0.15, 0.2) is 29.6 Å². The maximum Gasteiger partial charge on any atom is 0.407 e. The fourth-order valence-corrected chi connectivity index (χ4v) is 4.97. The molecule has 0 aromatic carbocycles. The normalized spacial score (nSPS) is 20.2. The van der Waals surface area contributed by atoms with Crippen molar-refractivity contribution in [1.29, 1.82) is 0 Å². The Morgan fingerprint density at radius 1 is 1.04 bits per heavy atom. The lowest BCUT2D eigenvalue weighted by Gasteiger charge is -2.24. The monoisotopic (exact) mass is 632 g/mol. The molecule has 18 nitrogen and oxygen atoms in total. The first-order valence-corrected chi connectivity index (χ1v) is 13.5. The zero-order valence-electron chi connectivity index (χ0n) is 25.5. The van der Waals surface area contributed by atoms with Crippen molar-refractivity contribution in [2.75, 3.05) is 20.8 Å².